The molecule has 11 nitrogen and oxygen atoms in total. The van der Waals surface area contributed by atoms with Crippen molar-refractivity contribution in [2.24, 2.45) is 0 Å². The van der Waals surface area contributed by atoms with E-state index in [1.165, 1.54) is 19.4 Å². The summed E-state index contributed by atoms with van der Waals surface area (Å²) in [4.78, 5) is 39.9. The SMILES string of the molecule is COc1c(F)cccc1Nc1c(-c2ccnc(N)n2)[nH]c2c1C(=O)NC[C@]21CCCN(C(=O)OC(C)(C)C)C1. The molecular formula is C27H32FN7O4. The maximum atomic E-state index is 14.6. The third-order valence-corrected chi connectivity index (χ3v) is 6.93. The zero-order chi connectivity index (χ0) is 27.9. The number of nitrogens with zero attached hydrogens (tertiary/aromatic N) is 3. The van der Waals surface area contributed by atoms with Crippen molar-refractivity contribution in [3.63, 3.8) is 0 Å². The van der Waals surface area contributed by atoms with Gasteiger partial charge in [-0.2, -0.15) is 0 Å². The van der Waals surface area contributed by atoms with Crippen LogP contribution in [0.15, 0.2) is 30.5 Å². The number of aromatic amines is 1. The molecule has 2 aliphatic heterocycles. The number of nitrogen functional groups attached to an aromatic ring is 1. The standard InChI is InChI=1S/C27H32FN7O4/c1-26(2,3)39-25(37)35-12-6-10-27(14-35)13-31-23(36)18-20(32-17-8-5-7-15(28)21(17)38-4)19(34-22(18)27)16-9-11-30-24(29)33-16/h5,7-9,11,32,34H,6,10,12-14H2,1-4H3,(H,31,36)(H2,29,30,33)/t27-/m0/s1. The van der Waals surface area contributed by atoms with Crippen molar-refractivity contribution in [1.82, 2.24) is 25.2 Å². The number of halogens is 1. The van der Waals surface area contributed by atoms with E-state index in [-0.39, 0.29) is 17.6 Å². The predicted molar refractivity (Wildman–Crippen MR) is 144 cm³/mol. The monoisotopic (exact) mass is 537 g/mol. The summed E-state index contributed by atoms with van der Waals surface area (Å²) in [6.45, 7) is 6.69. The van der Waals surface area contributed by atoms with E-state index in [4.69, 9.17) is 15.2 Å². The predicted octanol–water partition coefficient (Wildman–Crippen LogP) is 3.96. The van der Waals surface area contributed by atoms with Crippen LogP contribution in [-0.2, 0) is 10.2 Å². The van der Waals surface area contributed by atoms with Gasteiger partial charge in [-0.1, -0.05) is 6.07 Å². The number of nitrogens with two attached hydrogens (primary N) is 1. The summed E-state index contributed by atoms with van der Waals surface area (Å²) in [6.07, 6.45) is 2.54. The second-order valence-electron chi connectivity index (χ2n) is 10.8. The molecule has 12 heteroatoms. The topological polar surface area (TPSA) is 147 Å². The van der Waals surface area contributed by atoms with Crippen LogP contribution in [0.3, 0.4) is 0 Å². The Morgan fingerprint density at radius 3 is 2.79 bits per heavy atom. The quantitative estimate of drug-likeness (QED) is 0.391. The van der Waals surface area contributed by atoms with Crippen molar-refractivity contribution in [3.05, 3.63) is 47.5 Å². The zero-order valence-corrected chi connectivity index (χ0v) is 22.4. The number of benzene rings is 1. The number of carbonyl (C=O) groups excluding carboxylic acids is 2. The van der Waals surface area contributed by atoms with E-state index in [2.05, 4.69) is 25.6 Å². The van der Waals surface area contributed by atoms with Crippen molar-refractivity contribution in [1.29, 1.82) is 0 Å². The minimum atomic E-state index is -0.638. The first-order valence-corrected chi connectivity index (χ1v) is 12.7. The van der Waals surface area contributed by atoms with Crippen LogP contribution in [0, 0.1) is 5.82 Å². The van der Waals surface area contributed by atoms with Gasteiger partial charge in [0, 0.05) is 36.9 Å². The van der Waals surface area contributed by atoms with Crippen LogP contribution < -0.4 is 21.1 Å². The number of hydrogen-bond donors (Lipinski definition) is 4. The van der Waals surface area contributed by atoms with Gasteiger partial charge in [-0.25, -0.2) is 19.2 Å². The largest absolute Gasteiger partial charge is 0.492 e. The molecule has 1 aromatic carbocycles. The highest BCUT2D eigenvalue weighted by Crippen LogP contribution is 2.45. The number of aromatic nitrogens is 3. The number of fused-ring (bicyclic) bond motifs is 2. The second kappa shape index (κ2) is 9.75. The number of likely N-dealkylation sites (tertiary alicyclic amines) is 1. The van der Waals surface area contributed by atoms with Crippen LogP contribution >= 0.6 is 0 Å². The molecule has 39 heavy (non-hydrogen) atoms. The minimum absolute atomic E-state index is 0.000277. The van der Waals surface area contributed by atoms with E-state index in [1.807, 2.05) is 20.8 Å². The number of nitrogens with one attached hydrogen (secondary N) is 3. The number of carbonyl (C=O) groups is 2. The van der Waals surface area contributed by atoms with Gasteiger partial charge in [-0.3, -0.25) is 4.79 Å². The maximum absolute atomic E-state index is 14.6. The Balaban J connectivity index is 1.65. The first-order chi connectivity index (χ1) is 18.5. The summed E-state index contributed by atoms with van der Waals surface area (Å²) < 4.78 is 25.5. The molecule has 5 N–H and O–H groups in total. The molecule has 0 radical (unpaired) electrons. The lowest BCUT2D eigenvalue weighted by molar-refractivity contribution is 0.0128. The number of piperidine rings is 1. The molecule has 206 valence electrons. The number of H-pyrrole nitrogens is 1. The molecular weight excluding hydrogens is 505 g/mol. The van der Waals surface area contributed by atoms with Crippen molar-refractivity contribution < 1.29 is 23.5 Å². The van der Waals surface area contributed by atoms with E-state index in [1.54, 1.807) is 23.1 Å². The Labute approximate surface area is 225 Å². The molecule has 2 amide bonds. The summed E-state index contributed by atoms with van der Waals surface area (Å²) in [5.41, 5.74) is 7.28. The second-order valence-corrected chi connectivity index (χ2v) is 10.8. The molecule has 0 unspecified atom stereocenters. The smallest absolute Gasteiger partial charge is 0.410 e. The normalized spacial score (nSPS) is 18.9. The zero-order valence-electron chi connectivity index (χ0n) is 22.4. The lowest BCUT2D eigenvalue weighted by atomic mass is 9.73. The fraction of sp³-hybridized carbons (Fsp3) is 0.407. The molecule has 1 spiro atoms. The molecule has 2 aromatic heterocycles. The number of para-hydroxylation sites is 1. The summed E-state index contributed by atoms with van der Waals surface area (Å²) >= 11 is 0. The Morgan fingerprint density at radius 1 is 1.28 bits per heavy atom. The Hall–Kier alpha value is -4.35. The van der Waals surface area contributed by atoms with Crippen LogP contribution in [0.4, 0.5) is 26.5 Å². The van der Waals surface area contributed by atoms with Crippen molar-refractivity contribution in [3.8, 4) is 17.1 Å². The van der Waals surface area contributed by atoms with E-state index in [0.717, 1.165) is 0 Å². The third kappa shape index (κ3) is 4.93. The van der Waals surface area contributed by atoms with E-state index in [0.29, 0.717) is 66.5 Å². The number of rotatable bonds is 4. The van der Waals surface area contributed by atoms with Gasteiger partial charge in [0.25, 0.3) is 5.91 Å². The summed E-state index contributed by atoms with van der Waals surface area (Å²) in [7, 11) is 1.37. The molecule has 5 rings (SSSR count). The number of anilines is 3. The van der Waals surface area contributed by atoms with E-state index < -0.39 is 22.9 Å². The van der Waals surface area contributed by atoms with Gasteiger partial charge in [-0.15, -0.1) is 0 Å². The number of methoxy groups -OCH3 is 1. The minimum Gasteiger partial charge on any atom is -0.492 e. The Morgan fingerprint density at radius 2 is 2.08 bits per heavy atom. The van der Waals surface area contributed by atoms with E-state index >= 15 is 0 Å². The first kappa shape index (κ1) is 26.3. The van der Waals surface area contributed by atoms with Gasteiger partial charge in [0.2, 0.25) is 5.95 Å². The molecule has 0 bridgehead atoms. The van der Waals surface area contributed by atoms with Gasteiger partial charge < -0.3 is 35.7 Å². The van der Waals surface area contributed by atoms with Crippen LogP contribution in [0.5, 0.6) is 5.75 Å². The van der Waals surface area contributed by atoms with Gasteiger partial charge in [0.1, 0.15) is 5.60 Å². The molecule has 3 aromatic rings. The first-order valence-electron chi connectivity index (χ1n) is 12.7. The number of hydrogen-bond acceptors (Lipinski definition) is 8. The highest BCUT2D eigenvalue weighted by Gasteiger charge is 2.47. The Bertz CT molecular complexity index is 1430. The molecule has 1 fully saturated rings. The van der Waals surface area contributed by atoms with Gasteiger partial charge in [-0.05, 0) is 51.8 Å². The Kier molecular flexibility index (Phi) is 6.57. The highest BCUT2D eigenvalue weighted by molar-refractivity contribution is 6.06. The number of amides is 2. The molecule has 0 saturated carbocycles. The molecule has 4 heterocycles. The fourth-order valence-electron chi connectivity index (χ4n) is 5.29. The van der Waals surface area contributed by atoms with E-state index in [9.17, 15) is 14.0 Å². The maximum Gasteiger partial charge on any atom is 0.410 e. The van der Waals surface area contributed by atoms with Crippen LogP contribution in [-0.4, -0.2) is 64.2 Å². The van der Waals surface area contributed by atoms with Crippen LogP contribution in [0.1, 0.15) is 49.7 Å². The van der Waals surface area contributed by atoms with Gasteiger partial charge in [0.15, 0.2) is 11.6 Å². The van der Waals surface area contributed by atoms with Gasteiger partial charge in [0.05, 0.1) is 35.4 Å². The summed E-state index contributed by atoms with van der Waals surface area (Å²) in [5, 5.41) is 6.22. The average Bonchev–Trinajstić information content (AvgIpc) is 3.27. The lowest BCUT2D eigenvalue weighted by Crippen LogP contribution is -2.57. The highest BCUT2D eigenvalue weighted by atomic mass is 19.1. The third-order valence-electron chi connectivity index (χ3n) is 6.93. The van der Waals surface area contributed by atoms with Crippen LogP contribution in [0.25, 0.3) is 11.4 Å². The molecule has 1 atom stereocenters. The van der Waals surface area contributed by atoms with Gasteiger partial charge >= 0.3 is 6.09 Å². The molecule has 2 aliphatic rings. The average molecular weight is 538 g/mol. The fourth-order valence-corrected chi connectivity index (χ4v) is 5.29. The van der Waals surface area contributed by atoms with Crippen LogP contribution in [0.2, 0.25) is 0 Å². The number of ether oxygens (including phenoxy) is 2. The summed E-state index contributed by atoms with van der Waals surface area (Å²) in [5.74, 6) is -0.809. The lowest BCUT2D eigenvalue weighted by Gasteiger charge is -2.44. The van der Waals surface area contributed by atoms with Crippen molar-refractivity contribution in [2.45, 2.75) is 44.6 Å². The van der Waals surface area contributed by atoms with Crippen molar-refractivity contribution in [2.75, 3.05) is 37.8 Å². The molecule has 1 saturated heterocycles. The molecule has 0 aliphatic carbocycles. The van der Waals surface area contributed by atoms with Crippen molar-refractivity contribution >= 4 is 29.3 Å². The summed E-state index contributed by atoms with van der Waals surface area (Å²) in [6, 6.07) is 6.15.